The number of allylic oxidation sites excluding steroid dienone is 4. The van der Waals surface area contributed by atoms with Crippen molar-refractivity contribution in [1.29, 1.82) is 0 Å². The van der Waals surface area contributed by atoms with Gasteiger partial charge in [-0.15, -0.1) is 0 Å². The van der Waals surface area contributed by atoms with E-state index in [0.717, 1.165) is 53.5 Å². The summed E-state index contributed by atoms with van der Waals surface area (Å²) in [5.74, 6) is -0.519. The van der Waals surface area contributed by atoms with Crippen LogP contribution in [0.15, 0.2) is 78.9 Å². The zero-order valence-electron chi connectivity index (χ0n) is 19.4. The van der Waals surface area contributed by atoms with Crippen molar-refractivity contribution in [1.82, 2.24) is 0 Å². The molecule has 0 N–H and O–H groups in total. The fraction of sp³-hybridized carbons (Fsp3) is 0.267. The van der Waals surface area contributed by atoms with Crippen LogP contribution in [0.3, 0.4) is 0 Å². The van der Waals surface area contributed by atoms with Gasteiger partial charge in [0, 0.05) is 5.56 Å². The quantitative estimate of drug-likeness (QED) is 0.262. The van der Waals surface area contributed by atoms with Crippen LogP contribution >= 0.6 is 11.6 Å². The molecule has 0 bridgehead atoms. The summed E-state index contributed by atoms with van der Waals surface area (Å²) in [6.07, 6.45) is 12.8. The predicted molar refractivity (Wildman–Crippen MR) is 137 cm³/mol. The van der Waals surface area contributed by atoms with Gasteiger partial charge in [-0.3, -0.25) is 0 Å². The lowest BCUT2D eigenvalue weighted by Gasteiger charge is -2.10. The standard InChI is InChI=1S/C30H31ClF2/c1-3-5-7-9-23-14-18-25(28(32)21-23)17-13-22-11-15-24(16-12-22)27-20-19-26(10-8-6-4-2)29(31)30(27)33/h3-6,11-12,14-16,18-21H,7-10,13,17H2,1-2H3/b5-3+,6-4+. The molecule has 0 aliphatic heterocycles. The number of aryl methyl sites for hydroxylation is 4. The molecule has 3 aromatic rings. The van der Waals surface area contributed by atoms with Crippen LogP contribution in [0.4, 0.5) is 8.78 Å². The molecule has 0 heterocycles. The molecule has 3 aromatic carbocycles. The van der Waals surface area contributed by atoms with Gasteiger partial charge in [0.05, 0.1) is 5.02 Å². The van der Waals surface area contributed by atoms with E-state index in [9.17, 15) is 8.78 Å². The Bertz CT molecular complexity index is 1110. The van der Waals surface area contributed by atoms with E-state index in [1.807, 2.05) is 74.5 Å². The lowest BCUT2D eigenvalue weighted by atomic mass is 9.97. The Hall–Kier alpha value is -2.71. The summed E-state index contributed by atoms with van der Waals surface area (Å²) in [7, 11) is 0. The van der Waals surface area contributed by atoms with E-state index >= 15 is 0 Å². The highest BCUT2D eigenvalue weighted by Gasteiger charge is 2.13. The van der Waals surface area contributed by atoms with Gasteiger partial charge in [0.2, 0.25) is 0 Å². The molecule has 0 amide bonds. The minimum atomic E-state index is -0.376. The number of rotatable bonds is 10. The summed E-state index contributed by atoms with van der Waals surface area (Å²) in [4.78, 5) is 0. The van der Waals surface area contributed by atoms with E-state index in [0.29, 0.717) is 18.4 Å². The molecule has 0 spiro atoms. The number of benzene rings is 3. The molecule has 0 atom stereocenters. The summed E-state index contributed by atoms with van der Waals surface area (Å²) in [5.41, 5.74) is 4.94. The second kappa shape index (κ2) is 12.5. The van der Waals surface area contributed by atoms with E-state index in [2.05, 4.69) is 6.08 Å². The average Bonchev–Trinajstić information content (AvgIpc) is 2.82. The van der Waals surface area contributed by atoms with Crippen molar-refractivity contribution in [3.05, 3.63) is 118 Å². The molecule has 172 valence electrons. The van der Waals surface area contributed by atoms with Crippen LogP contribution in [-0.4, -0.2) is 0 Å². The summed E-state index contributed by atoms with van der Waals surface area (Å²) < 4.78 is 29.4. The van der Waals surface area contributed by atoms with Gasteiger partial charge < -0.3 is 0 Å². The maximum atomic E-state index is 14.9. The highest BCUT2D eigenvalue weighted by molar-refractivity contribution is 6.31. The number of hydrogen-bond donors (Lipinski definition) is 0. The summed E-state index contributed by atoms with van der Waals surface area (Å²) in [5, 5.41) is 0.200. The Labute approximate surface area is 201 Å². The van der Waals surface area contributed by atoms with Crippen LogP contribution < -0.4 is 0 Å². The molecule has 0 saturated carbocycles. The van der Waals surface area contributed by atoms with Crippen molar-refractivity contribution in [3.8, 4) is 11.1 Å². The summed E-state index contributed by atoms with van der Waals surface area (Å²) >= 11 is 6.30. The first-order chi connectivity index (χ1) is 16.0. The van der Waals surface area contributed by atoms with Crippen LogP contribution in [0.25, 0.3) is 11.1 Å². The van der Waals surface area contributed by atoms with Crippen molar-refractivity contribution in [2.45, 2.75) is 52.4 Å². The van der Waals surface area contributed by atoms with E-state index in [-0.39, 0.29) is 16.7 Å². The Morgan fingerprint density at radius 1 is 0.697 bits per heavy atom. The monoisotopic (exact) mass is 464 g/mol. The Morgan fingerprint density at radius 3 is 2.00 bits per heavy atom. The van der Waals surface area contributed by atoms with Gasteiger partial charge in [0.1, 0.15) is 11.6 Å². The molecule has 0 fully saturated rings. The van der Waals surface area contributed by atoms with Crippen molar-refractivity contribution < 1.29 is 8.78 Å². The predicted octanol–water partition coefficient (Wildman–Crippen LogP) is 9.09. The molecule has 0 aromatic heterocycles. The van der Waals surface area contributed by atoms with E-state index in [4.69, 9.17) is 11.6 Å². The fourth-order valence-corrected chi connectivity index (χ4v) is 4.17. The maximum Gasteiger partial charge on any atom is 0.149 e. The van der Waals surface area contributed by atoms with Gasteiger partial charge in [-0.25, -0.2) is 8.78 Å². The smallest absolute Gasteiger partial charge is 0.149 e. The van der Waals surface area contributed by atoms with Crippen LogP contribution in [0.1, 0.15) is 48.9 Å². The minimum Gasteiger partial charge on any atom is -0.207 e. The minimum absolute atomic E-state index is 0.143. The molecule has 33 heavy (non-hydrogen) atoms. The Morgan fingerprint density at radius 2 is 1.33 bits per heavy atom. The molecular weight excluding hydrogens is 434 g/mol. The lowest BCUT2D eigenvalue weighted by Crippen LogP contribution is -1.97. The largest absolute Gasteiger partial charge is 0.207 e. The number of halogens is 3. The van der Waals surface area contributed by atoms with E-state index < -0.39 is 0 Å². The zero-order chi connectivity index (χ0) is 23.6. The molecule has 0 radical (unpaired) electrons. The molecule has 3 rings (SSSR count). The maximum absolute atomic E-state index is 14.9. The molecule has 0 aliphatic rings. The first-order valence-electron chi connectivity index (χ1n) is 11.6. The van der Waals surface area contributed by atoms with Crippen molar-refractivity contribution in [3.63, 3.8) is 0 Å². The Kier molecular flexibility index (Phi) is 9.45. The second-order valence-electron chi connectivity index (χ2n) is 8.24. The highest BCUT2D eigenvalue weighted by atomic mass is 35.5. The van der Waals surface area contributed by atoms with E-state index in [1.54, 1.807) is 12.1 Å². The Balaban J connectivity index is 1.64. The molecule has 3 heteroatoms. The third kappa shape index (κ3) is 6.88. The lowest BCUT2D eigenvalue weighted by molar-refractivity contribution is 0.606. The van der Waals surface area contributed by atoms with Crippen molar-refractivity contribution in [2.75, 3.05) is 0 Å². The fourth-order valence-electron chi connectivity index (χ4n) is 3.91. The first kappa shape index (κ1) is 24.9. The van der Waals surface area contributed by atoms with Gasteiger partial charge in [-0.05, 0) is 86.3 Å². The summed E-state index contributed by atoms with van der Waals surface area (Å²) in [6, 6.07) is 17.0. The normalized spacial score (nSPS) is 11.7. The van der Waals surface area contributed by atoms with Gasteiger partial charge in [-0.1, -0.05) is 84.4 Å². The van der Waals surface area contributed by atoms with Crippen LogP contribution in [0, 0.1) is 11.6 Å². The van der Waals surface area contributed by atoms with Crippen LogP contribution in [0.2, 0.25) is 5.02 Å². The topological polar surface area (TPSA) is 0 Å². The molecule has 0 aliphatic carbocycles. The van der Waals surface area contributed by atoms with Gasteiger partial charge in [-0.2, -0.15) is 0 Å². The van der Waals surface area contributed by atoms with Gasteiger partial charge in [0.25, 0.3) is 0 Å². The van der Waals surface area contributed by atoms with E-state index in [1.165, 1.54) is 0 Å². The first-order valence-corrected chi connectivity index (χ1v) is 12.0. The van der Waals surface area contributed by atoms with Crippen molar-refractivity contribution >= 4 is 11.6 Å². The van der Waals surface area contributed by atoms with Crippen LogP contribution in [0.5, 0.6) is 0 Å². The molecular formula is C30H31ClF2. The highest BCUT2D eigenvalue weighted by Crippen LogP contribution is 2.31. The van der Waals surface area contributed by atoms with Gasteiger partial charge >= 0.3 is 0 Å². The second-order valence-corrected chi connectivity index (χ2v) is 8.62. The van der Waals surface area contributed by atoms with Crippen LogP contribution in [-0.2, 0) is 25.7 Å². The SMILES string of the molecule is C/C=C/CCc1ccc(CCc2ccc(-c3ccc(CC/C=C/C)c(Cl)c3F)cc2)c(F)c1. The zero-order valence-corrected chi connectivity index (χ0v) is 20.1. The van der Waals surface area contributed by atoms with Crippen molar-refractivity contribution in [2.24, 2.45) is 0 Å². The summed E-state index contributed by atoms with van der Waals surface area (Å²) in [6.45, 7) is 3.96. The third-order valence-corrected chi connectivity index (χ3v) is 6.29. The molecule has 0 saturated heterocycles. The number of hydrogen-bond acceptors (Lipinski definition) is 0. The third-order valence-electron chi connectivity index (χ3n) is 5.88. The molecule has 0 unspecified atom stereocenters. The average molecular weight is 465 g/mol. The molecule has 0 nitrogen and oxygen atoms in total. The van der Waals surface area contributed by atoms with Gasteiger partial charge in [0.15, 0.2) is 0 Å².